The predicted molar refractivity (Wildman–Crippen MR) is 112 cm³/mol. The summed E-state index contributed by atoms with van der Waals surface area (Å²) < 4.78 is 19.7. The molecule has 0 spiro atoms. The van der Waals surface area contributed by atoms with Gasteiger partial charge in [0.05, 0.1) is 24.0 Å². The second kappa shape index (κ2) is 8.50. The van der Waals surface area contributed by atoms with Crippen LogP contribution in [0.2, 0.25) is 10.0 Å². The third kappa shape index (κ3) is 4.55. The van der Waals surface area contributed by atoms with Crippen molar-refractivity contribution in [1.82, 2.24) is 0 Å². The van der Waals surface area contributed by atoms with Gasteiger partial charge >= 0.3 is 0 Å². The van der Waals surface area contributed by atoms with E-state index < -0.39 is 11.7 Å². The first-order valence-electron chi connectivity index (χ1n) is 8.35. The monoisotopic (exact) mass is 418 g/mol. The maximum absolute atomic E-state index is 14.3. The molecule has 0 bridgehead atoms. The first-order valence-corrected chi connectivity index (χ1v) is 9.10. The molecule has 28 heavy (non-hydrogen) atoms. The fourth-order valence-corrected chi connectivity index (χ4v) is 2.97. The molecular weight excluding hydrogens is 402 g/mol. The minimum absolute atomic E-state index is 0.208. The van der Waals surface area contributed by atoms with Gasteiger partial charge in [-0.25, -0.2) is 4.39 Å². The Kier molecular flexibility index (Phi) is 6.07. The lowest BCUT2D eigenvalue weighted by Crippen LogP contribution is -2.15. The zero-order valence-corrected chi connectivity index (χ0v) is 16.7. The molecule has 0 radical (unpaired) electrons. The number of hydrogen-bond acceptors (Lipinski definition) is 3. The molecule has 0 aliphatic carbocycles. The smallest absolute Gasteiger partial charge is 0.257 e. The minimum atomic E-state index is -0.443. The first kappa shape index (κ1) is 20.0. The Hall–Kier alpha value is -2.76. The predicted octanol–water partition coefficient (Wildman–Crippen LogP) is 6.45. The van der Waals surface area contributed by atoms with Gasteiger partial charge in [0, 0.05) is 21.8 Å². The van der Waals surface area contributed by atoms with Gasteiger partial charge in [-0.2, -0.15) is 0 Å². The summed E-state index contributed by atoms with van der Waals surface area (Å²) in [5.41, 5.74) is 2.07. The number of carbonyl (C=O) groups excluding carboxylic acids is 1. The van der Waals surface area contributed by atoms with Gasteiger partial charge in [-0.1, -0.05) is 29.3 Å². The van der Waals surface area contributed by atoms with Crippen LogP contribution >= 0.6 is 23.2 Å². The average molecular weight is 419 g/mol. The van der Waals surface area contributed by atoms with Gasteiger partial charge in [0.1, 0.15) is 11.6 Å². The lowest BCUT2D eigenvalue weighted by molar-refractivity contribution is 0.102. The van der Waals surface area contributed by atoms with Crippen molar-refractivity contribution >= 4 is 46.2 Å². The second-order valence-electron chi connectivity index (χ2n) is 6.10. The van der Waals surface area contributed by atoms with E-state index in [1.165, 1.54) is 19.2 Å². The first-order chi connectivity index (χ1) is 13.4. The van der Waals surface area contributed by atoms with Gasteiger partial charge in [-0.3, -0.25) is 4.79 Å². The lowest BCUT2D eigenvalue weighted by atomic mass is 10.1. The van der Waals surface area contributed by atoms with Crippen LogP contribution in [0.15, 0.2) is 54.6 Å². The van der Waals surface area contributed by atoms with Crippen molar-refractivity contribution in [1.29, 1.82) is 0 Å². The summed E-state index contributed by atoms with van der Waals surface area (Å²) >= 11 is 12.0. The summed E-state index contributed by atoms with van der Waals surface area (Å²) in [4.78, 5) is 12.9. The van der Waals surface area contributed by atoms with Crippen LogP contribution in [0.1, 0.15) is 15.9 Å². The number of anilines is 3. The van der Waals surface area contributed by atoms with Crippen molar-refractivity contribution in [2.75, 3.05) is 17.7 Å². The molecule has 3 rings (SSSR count). The van der Waals surface area contributed by atoms with Crippen LogP contribution < -0.4 is 15.4 Å². The third-order valence-corrected chi connectivity index (χ3v) is 4.49. The van der Waals surface area contributed by atoms with Crippen molar-refractivity contribution in [3.8, 4) is 5.75 Å². The SMILES string of the molecule is COc1cc(Cl)cc(C(=O)Nc2ccc(Cl)cc2)c1Nc1ccc(C)cc1F. The van der Waals surface area contributed by atoms with Gasteiger partial charge in [-0.15, -0.1) is 0 Å². The second-order valence-corrected chi connectivity index (χ2v) is 6.97. The number of nitrogens with one attached hydrogen (secondary N) is 2. The molecule has 0 heterocycles. The molecule has 0 unspecified atom stereocenters. The Morgan fingerprint density at radius 2 is 1.71 bits per heavy atom. The highest BCUT2D eigenvalue weighted by Crippen LogP contribution is 2.36. The summed E-state index contributed by atoms with van der Waals surface area (Å²) in [5.74, 6) is -0.562. The van der Waals surface area contributed by atoms with E-state index in [-0.39, 0.29) is 11.3 Å². The Labute approximate surface area is 172 Å². The Bertz CT molecular complexity index is 1020. The van der Waals surface area contributed by atoms with Gasteiger partial charge in [0.25, 0.3) is 5.91 Å². The highest BCUT2D eigenvalue weighted by Gasteiger charge is 2.19. The van der Waals surface area contributed by atoms with E-state index in [9.17, 15) is 9.18 Å². The van der Waals surface area contributed by atoms with Gasteiger partial charge < -0.3 is 15.4 Å². The lowest BCUT2D eigenvalue weighted by Gasteiger charge is -2.17. The molecule has 3 aromatic rings. The Balaban J connectivity index is 2.00. The van der Waals surface area contributed by atoms with Crippen LogP contribution in [0.5, 0.6) is 5.75 Å². The van der Waals surface area contributed by atoms with Crippen molar-refractivity contribution in [3.63, 3.8) is 0 Å². The number of aryl methyl sites for hydroxylation is 1. The fourth-order valence-electron chi connectivity index (χ4n) is 2.64. The highest BCUT2D eigenvalue weighted by atomic mass is 35.5. The molecule has 0 saturated carbocycles. The number of methoxy groups -OCH3 is 1. The highest BCUT2D eigenvalue weighted by molar-refractivity contribution is 6.31. The van der Waals surface area contributed by atoms with E-state index >= 15 is 0 Å². The number of amides is 1. The molecule has 2 N–H and O–H groups in total. The van der Waals surface area contributed by atoms with Crippen LogP contribution in [0.25, 0.3) is 0 Å². The average Bonchev–Trinajstić information content (AvgIpc) is 2.66. The van der Waals surface area contributed by atoms with E-state index in [2.05, 4.69) is 10.6 Å². The molecule has 0 saturated heterocycles. The van der Waals surface area contributed by atoms with Gasteiger partial charge in [-0.05, 0) is 55.0 Å². The third-order valence-electron chi connectivity index (χ3n) is 4.02. The van der Waals surface area contributed by atoms with E-state index in [1.807, 2.05) is 0 Å². The van der Waals surface area contributed by atoms with Crippen molar-refractivity contribution < 1.29 is 13.9 Å². The molecule has 0 aliphatic heterocycles. The molecule has 4 nitrogen and oxygen atoms in total. The molecule has 0 atom stereocenters. The quantitative estimate of drug-likeness (QED) is 0.500. The number of ether oxygens (including phenoxy) is 1. The topological polar surface area (TPSA) is 50.4 Å². The van der Waals surface area contributed by atoms with Crippen LogP contribution in [0, 0.1) is 12.7 Å². The normalized spacial score (nSPS) is 10.5. The van der Waals surface area contributed by atoms with E-state index in [0.717, 1.165) is 5.56 Å². The van der Waals surface area contributed by atoms with Crippen LogP contribution in [0.4, 0.5) is 21.5 Å². The molecule has 1 amide bonds. The maximum atomic E-state index is 14.3. The summed E-state index contributed by atoms with van der Waals surface area (Å²) in [6.45, 7) is 1.79. The van der Waals surface area contributed by atoms with Crippen molar-refractivity contribution in [2.24, 2.45) is 0 Å². The maximum Gasteiger partial charge on any atom is 0.257 e. The summed E-state index contributed by atoms with van der Waals surface area (Å²) in [7, 11) is 1.45. The molecular formula is C21H17Cl2FN2O2. The molecule has 7 heteroatoms. The molecule has 0 aliphatic rings. The number of benzene rings is 3. The van der Waals surface area contributed by atoms with Crippen molar-refractivity contribution in [2.45, 2.75) is 6.92 Å². The summed E-state index contributed by atoms with van der Waals surface area (Å²) in [5, 5.41) is 6.59. The van der Waals surface area contributed by atoms with Gasteiger partial charge in [0.15, 0.2) is 0 Å². The standard InChI is InChI=1S/C21H17Cl2FN2O2/c1-12-3-8-18(17(24)9-12)26-20-16(10-14(23)11-19(20)28-2)21(27)25-15-6-4-13(22)5-7-15/h3-11,26H,1-2H3,(H,25,27). The number of halogens is 3. The van der Waals surface area contributed by atoms with Crippen LogP contribution in [0.3, 0.4) is 0 Å². The van der Waals surface area contributed by atoms with Crippen LogP contribution in [-0.4, -0.2) is 13.0 Å². The number of hydrogen-bond donors (Lipinski definition) is 2. The van der Waals surface area contributed by atoms with Crippen molar-refractivity contribution in [3.05, 3.63) is 81.6 Å². The zero-order valence-electron chi connectivity index (χ0n) is 15.1. The van der Waals surface area contributed by atoms with E-state index in [4.69, 9.17) is 27.9 Å². The van der Waals surface area contributed by atoms with Crippen LogP contribution in [-0.2, 0) is 0 Å². The number of carbonyl (C=O) groups is 1. The molecule has 0 fully saturated rings. The minimum Gasteiger partial charge on any atom is -0.494 e. The van der Waals surface area contributed by atoms with Gasteiger partial charge in [0.2, 0.25) is 0 Å². The Morgan fingerprint density at radius 1 is 1.00 bits per heavy atom. The number of rotatable bonds is 5. The largest absolute Gasteiger partial charge is 0.494 e. The zero-order chi connectivity index (χ0) is 20.3. The van der Waals surface area contributed by atoms with E-state index in [0.29, 0.717) is 27.2 Å². The summed E-state index contributed by atoms with van der Waals surface area (Å²) in [6.07, 6.45) is 0. The fraction of sp³-hybridized carbons (Fsp3) is 0.0952. The van der Waals surface area contributed by atoms with E-state index in [1.54, 1.807) is 49.4 Å². The Morgan fingerprint density at radius 3 is 2.36 bits per heavy atom. The molecule has 0 aromatic heterocycles. The molecule has 3 aromatic carbocycles. The molecule has 144 valence electrons. The summed E-state index contributed by atoms with van der Waals surface area (Å²) in [6, 6.07) is 14.5.